The van der Waals surface area contributed by atoms with Crippen LogP contribution in [-0.2, 0) is 0 Å². The van der Waals surface area contributed by atoms with Crippen LogP contribution in [0.3, 0.4) is 0 Å². The Kier molecular flexibility index (Phi) is 6.13. The second kappa shape index (κ2) is 6.91. The number of piperazine rings is 1. The SMILES string of the molecule is CCC1(CC)CN(CC(C)CC(C)C)C(C)CN1. The van der Waals surface area contributed by atoms with Crippen molar-refractivity contribution >= 4 is 0 Å². The minimum atomic E-state index is 0.365. The Morgan fingerprint density at radius 1 is 1.22 bits per heavy atom. The first-order valence-corrected chi connectivity index (χ1v) is 7.91. The summed E-state index contributed by atoms with van der Waals surface area (Å²) in [6, 6.07) is 0.686. The van der Waals surface area contributed by atoms with Crippen LogP contribution in [-0.4, -0.2) is 36.1 Å². The van der Waals surface area contributed by atoms with Gasteiger partial charge in [0.05, 0.1) is 0 Å². The predicted molar refractivity (Wildman–Crippen MR) is 81.0 cm³/mol. The van der Waals surface area contributed by atoms with Crippen molar-refractivity contribution in [2.24, 2.45) is 11.8 Å². The Labute approximate surface area is 115 Å². The fourth-order valence-corrected chi connectivity index (χ4v) is 3.34. The van der Waals surface area contributed by atoms with E-state index >= 15 is 0 Å². The molecule has 2 nitrogen and oxygen atoms in total. The average molecular weight is 254 g/mol. The zero-order valence-electron chi connectivity index (χ0n) is 13.4. The minimum Gasteiger partial charge on any atom is -0.308 e. The molecule has 2 atom stereocenters. The van der Waals surface area contributed by atoms with Crippen LogP contribution in [0.5, 0.6) is 0 Å². The highest BCUT2D eigenvalue weighted by Gasteiger charge is 2.35. The lowest BCUT2D eigenvalue weighted by Gasteiger charge is -2.47. The second-order valence-corrected chi connectivity index (χ2v) is 6.88. The van der Waals surface area contributed by atoms with Crippen molar-refractivity contribution in [1.82, 2.24) is 10.2 Å². The molecule has 0 aromatic carbocycles. The summed E-state index contributed by atoms with van der Waals surface area (Å²) in [7, 11) is 0. The normalized spacial score (nSPS) is 26.5. The Hall–Kier alpha value is -0.0800. The van der Waals surface area contributed by atoms with Crippen LogP contribution in [0.4, 0.5) is 0 Å². The van der Waals surface area contributed by atoms with Crippen LogP contribution in [0.15, 0.2) is 0 Å². The fraction of sp³-hybridized carbons (Fsp3) is 1.00. The Bertz CT molecular complexity index is 233. The van der Waals surface area contributed by atoms with Crippen molar-refractivity contribution in [3.8, 4) is 0 Å². The van der Waals surface area contributed by atoms with Gasteiger partial charge in [-0.1, -0.05) is 34.6 Å². The third-order valence-electron chi connectivity index (χ3n) is 4.68. The molecule has 0 saturated carbocycles. The Balaban J connectivity index is 2.57. The van der Waals surface area contributed by atoms with Crippen LogP contribution < -0.4 is 5.32 Å². The van der Waals surface area contributed by atoms with Gasteiger partial charge >= 0.3 is 0 Å². The summed E-state index contributed by atoms with van der Waals surface area (Å²) in [5.74, 6) is 1.64. The van der Waals surface area contributed by atoms with E-state index in [2.05, 4.69) is 51.8 Å². The molecule has 0 amide bonds. The van der Waals surface area contributed by atoms with E-state index in [0.29, 0.717) is 11.6 Å². The van der Waals surface area contributed by atoms with E-state index in [1.54, 1.807) is 0 Å². The van der Waals surface area contributed by atoms with Gasteiger partial charge in [-0.2, -0.15) is 0 Å². The Morgan fingerprint density at radius 3 is 2.33 bits per heavy atom. The molecule has 1 N–H and O–H groups in total. The summed E-state index contributed by atoms with van der Waals surface area (Å²) >= 11 is 0. The first-order chi connectivity index (χ1) is 8.42. The molecule has 108 valence electrons. The molecule has 0 radical (unpaired) electrons. The number of rotatable bonds is 6. The second-order valence-electron chi connectivity index (χ2n) is 6.88. The van der Waals surface area contributed by atoms with Crippen molar-refractivity contribution in [1.29, 1.82) is 0 Å². The van der Waals surface area contributed by atoms with Crippen LogP contribution in [0, 0.1) is 11.8 Å². The average Bonchev–Trinajstić information content (AvgIpc) is 2.31. The van der Waals surface area contributed by atoms with E-state index in [0.717, 1.165) is 18.4 Å². The highest BCUT2D eigenvalue weighted by molar-refractivity contribution is 4.95. The largest absolute Gasteiger partial charge is 0.308 e. The topological polar surface area (TPSA) is 15.3 Å². The van der Waals surface area contributed by atoms with Gasteiger partial charge in [-0.05, 0) is 38.0 Å². The highest BCUT2D eigenvalue weighted by atomic mass is 15.2. The Morgan fingerprint density at radius 2 is 1.83 bits per heavy atom. The molecule has 2 unspecified atom stereocenters. The van der Waals surface area contributed by atoms with E-state index < -0.39 is 0 Å². The molecular weight excluding hydrogens is 220 g/mol. The maximum Gasteiger partial charge on any atom is 0.0304 e. The number of nitrogens with zero attached hydrogens (tertiary/aromatic N) is 1. The molecule has 1 aliphatic rings. The van der Waals surface area contributed by atoms with Crippen molar-refractivity contribution in [3.63, 3.8) is 0 Å². The summed E-state index contributed by atoms with van der Waals surface area (Å²) in [5, 5.41) is 3.78. The van der Waals surface area contributed by atoms with Gasteiger partial charge in [0.2, 0.25) is 0 Å². The van der Waals surface area contributed by atoms with E-state index in [1.165, 1.54) is 32.4 Å². The van der Waals surface area contributed by atoms with E-state index in [9.17, 15) is 0 Å². The molecule has 1 heterocycles. The smallest absolute Gasteiger partial charge is 0.0304 e. The molecule has 18 heavy (non-hydrogen) atoms. The predicted octanol–water partition coefficient (Wildman–Crippen LogP) is 3.52. The third kappa shape index (κ3) is 4.24. The fourth-order valence-electron chi connectivity index (χ4n) is 3.34. The van der Waals surface area contributed by atoms with Gasteiger partial charge in [0.25, 0.3) is 0 Å². The van der Waals surface area contributed by atoms with E-state index in [-0.39, 0.29) is 0 Å². The lowest BCUT2D eigenvalue weighted by Crippen LogP contribution is -2.63. The summed E-state index contributed by atoms with van der Waals surface area (Å²) < 4.78 is 0. The molecule has 0 aliphatic carbocycles. The van der Waals surface area contributed by atoms with Gasteiger partial charge in [0.1, 0.15) is 0 Å². The van der Waals surface area contributed by atoms with Gasteiger partial charge < -0.3 is 5.32 Å². The molecule has 1 rings (SSSR count). The standard InChI is InChI=1S/C16H34N2/c1-7-16(8-2)12-18(15(6)10-17-16)11-14(5)9-13(3)4/h13-15,17H,7-12H2,1-6H3. The quantitative estimate of drug-likeness (QED) is 0.780. The molecule has 0 aromatic heterocycles. The molecule has 0 aromatic rings. The number of nitrogens with one attached hydrogen (secondary N) is 1. The van der Waals surface area contributed by atoms with Crippen molar-refractivity contribution in [2.75, 3.05) is 19.6 Å². The third-order valence-corrected chi connectivity index (χ3v) is 4.68. The molecule has 0 bridgehead atoms. The molecule has 1 saturated heterocycles. The van der Waals surface area contributed by atoms with Gasteiger partial charge in [-0.15, -0.1) is 0 Å². The van der Waals surface area contributed by atoms with Gasteiger partial charge in [0, 0.05) is 31.2 Å². The van der Waals surface area contributed by atoms with Crippen molar-refractivity contribution in [3.05, 3.63) is 0 Å². The van der Waals surface area contributed by atoms with Gasteiger partial charge in [-0.25, -0.2) is 0 Å². The van der Waals surface area contributed by atoms with E-state index in [1.807, 2.05) is 0 Å². The molecule has 1 aliphatic heterocycles. The van der Waals surface area contributed by atoms with Crippen LogP contribution >= 0.6 is 0 Å². The summed E-state index contributed by atoms with van der Waals surface area (Å²) in [5.41, 5.74) is 0.365. The van der Waals surface area contributed by atoms with Crippen molar-refractivity contribution in [2.45, 2.75) is 72.4 Å². The maximum absolute atomic E-state index is 3.78. The number of hydrogen-bond acceptors (Lipinski definition) is 2. The van der Waals surface area contributed by atoms with Crippen LogP contribution in [0.1, 0.15) is 60.8 Å². The summed E-state index contributed by atoms with van der Waals surface area (Å²) in [6.45, 7) is 17.7. The summed E-state index contributed by atoms with van der Waals surface area (Å²) in [4.78, 5) is 2.72. The lowest BCUT2D eigenvalue weighted by molar-refractivity contribution is 0.0663. The molecular formula is C16H34N2. The first-order valence-electron chi connectivity index (χ1n) is 7.91. The molecule has 0 spiro atoms. The van der Waals surface area contributed by atoms with Crippen LogP contribution in [0.25, 0.3) is 0 Å². The minimum absolute atomic E-state index is 0.365. The molecule has 1 fully saturated rings. The van der Waals surface area contributed by atoms with Gasteiger partial charge in [-0.3, -0.25) is 4.90 Å². The maximum atomic E-state index is 3.78. The number of hydrogen-bond donors (Lipinski definition) is 1. The highest BCUT2D eigenvalue weighted by Crippen LogP contribution is 2.24. The van der Waals surface area contributed by atoms with E-state index in [4.69, 9.17) is 0 Å². The summed E-state index contributed by atoms with van der Waals surface area (Å²) in [6.07, 6.45) is 3.83. The van der Waals surface area contributed by atoms with Crippen LogP contribution in [0.2, 0.25) is 0 Å². The first kappa shape index (κ1) is 16.0. The lowest BCUT2D eigenvalue weighted by atomic mass is 9.87. The zero-order valence-corrected chi connectivity index (χ0v) is 13.4. The molecule has 2 heteroatoms. The zero-order chi connectivity index (χ0) is 13.8. The van der Waals surface area contributed by atoms with Gasteiger partial charge in [0.15, 0.2) is 0 Å². The van der Waals surface area contributed by atoms with Crippen molar-refractivity contribution < 1.29 is 0 Å². The monoisotopic (exact) mass is 254 g/mol.